The van der Waals surface area contributed by atoms with Crippen molar-refractivity contribution >= 4 is 11.8 Å². The maximum atomic E-state index is 5.54. The van der Waals surface area contributed by atoms with E-state index in [1.165, 1.54) is 44.3 Å². The average Bonchev–Trinajstić information content (AvgIpc) is 3.01. The first kappa shape index (κ1) is 13.7. The van der Waals surface area contributed by atoms with E-state index < -0.39 is 0 Å². The Balaban J connectivity index is 1.72. The highest BCUT2D eigenvalue weighted by molar-refractivity contribution is 7.99. The van der Waals surface area contributed by atoms with E-state index in [1.54, 1.807) is 0 Å². The van der Waals surface area contributed by atoms with Crippen molar-refractivity contribution in [1.29, 1.82) is 0 Å². The summed E-state index contributed by atoms with van der Waals surface area (Å²) in [5.41, 5.74) is 0. The second kappa shape index (κ2) is 7.65. The van der Waals surface area contributed by atoms with Gasteiger partial charge in [0.25, 0.3) is 0 Å². The predicted molar refractivity (Wildman–Crippen MR) is 75.7 cm³/mol. The van der Waals surface area contributed by atoms with Gasteiger partial charge < -0.3 is 10.1 Å². The summed E-state index contributed by atoms with van der Waals surface area (Å²) in [7, 11) is 0. The van der Waals surface area contributed by atoms with Gasteiger partial charge in [0.15, 0.2) is 0 Å². The molecule has 0 amide bonds. The zero-order valence-corrected chi connectivity index (χ0v) is 11.9. The van der Waals surface area contributed by atoms with Gasteiger partial charge in [-0.1, -0.05) is 19.8 Å². The van der Waals surface area contributed by atoms with Crippen LogP contribution in [0, 0.1) is 5.92 Å². The molecule has 1 aliphatic carbocycles. The lowest BCUT2D eigenvalue weighted by Crippen LogP contribution is -2.39. The van der Waals surface area contributed by atoms with E-state index in [1.807, 2.05) is 0 Å². The minimum atomic E-state index is 0.683. The topological polar surface area (TPSA) is 21.3 Å². The third-order valence-corrected chi connectivity index (χ3v) is 5.50. The van der Waals surface area contributed by atoms with Gasteiger partial charge in [-0.05, 0) is 32.2 Å². The maximum Gasteiger partial charge on any atom is 0.0510 e. The Bertz CT molecular complexity index is 200. The van der Waals surface area contributed by atoms with E-state index in [0.29, 0.717) is 6.04 Å². The van der Waals surface area contributed by atoms with Gasteiger partial charge >= 0.3 is 0 Å². The van der Waals surface area contributed by atoms with Gasteiger partial charge in [0.1, 0.15) is 0 Å². The molecule has 2 unspecified atom stereocenters. The Hall–Kier alpha value is 0.270. The van der Waals surface area contributed by atoms with Gasteiger partial charge in [-0.15, -0.1) is 0 Å². The second-order valence-electron chi connectivity index (χ2n) is 5.42. The molecule has 0 aromatic rings. The summed E-state index contributed by atoms with van der Waals surface area (Å²) in [6.07, 6.45) is 8.30. The van der Waals surface area contributed by atoms with E-state index >= 15 is 0 Å². The summed E-state index contributed by atoms with van der Waals surface area (Å²) < 4.78 is 5.54. The molecule has 2 nitrogen and oxygen atoms in total. The normalized spacial score (nSPS) is 27.7. The molecule has 0 bridgehead atoms. The number of thioether (sulfide) groups is 1. The zero-order chi connectivity index (χ0) is 11.9. The molecule has 0 radical (unpaired) electrons. The molecule has 3 heteroatoms. The fraction of sp³-hybridized carbons (Fsp3) is 1.00. The van der Waals surface area contributed by atoms with Crippen molar-refractivity contribution in [3.63, 3.8) is 0 Å². The van der Waals surface area contributed by atoms with Crippen LogP contribution in [0.5, 0.6) is 0 Å². The molecule has 0 spiro atoms. The van der Waals surface area contributed by atoms with Crippen molar-refractivity contribution < 1.29 is 4.74 Å². The van der Waals surface area contributed by atoms with Crippen molar-refractivity contribution in [3.05, 3.63) is 0 Å². The summed E-state index contributed by atoms with van der Waals surface area (Å²) >= 11 is 2.21. The van der Waals surface area contributed by atoms with Gasteiger partial charge in [-0.3, -0.25) is 0 Å². The Morgan fingerprint density at radius 1 is 1.29 bits per heavy atom. The van der Waals surface area contributed by atoms with Crippen LogP contribution in [0.15, 0.2) is 0 Å². The highest BCUT2D eigenvalue weighted by atomic mass is 32.2. The van der Waals surface area contributed by atoms with Crippen LogP contribution < -0.4 is 5.32 Å². The van der Waals surface area contributed by atoms with Crippen LogP contribution in [0.1, 0.15) is 45.4 Å². The van der Waals surface area contributed by atoms with Gasteiger partial charge in [0.05, 0.1) is 6.61 Å². The summed E-state index contributed by atoms with van der Waals surface area (Å²) in [5, 5.41) is 4.68. The first-order valence-corrected chi connectivity index (χ1v) is 8.37. The van der Waals surface area contributed by atoms with Crippen LogP contribution in [0.4, 0.5) is 0 Å². The fourth-order valence-electron chi connectivity index (χ4n) is 2.86. The molecular weight excluding hydrogens is 230 g/mol. The summed E-state index contributed by atoms with van der Waals surface area (Å²) in [6.45, 7) is 5.36. The van der Waals surface area contributed by atoms with Crippen molar-refractivity contribution in [2.45, 2.75) is 56.7 Å². The highest BCUT2D eigenvalue weighted by Gasteiger charge is 2.26. The molecule has 2 atom stereocenters. The van der Waals surface area contributed by atoms with E-state index in [9.17, 15) is 0 Å². The molecule has 2 rings (SSSR count). The van der Waals surface area contributed by atoms with Crippen LogP contribution in [0.3, 0.4) is 0 Å². The lowest BCUT2D eigenvalue weighted by Gasteiger charge is -2.24. The molecule has 1 saturated heterocycles. The number of nitrogens with one attached hydrogen (secondary N) is 1. The number of hydrogen-bond acceptors (Lipinski definition) is 3. The van der Waals surface area contributed by atoms with E-state index in [-0.39, 0.29) is 0 Å². The van der Waals surface area contributed by atoms with Gasteiger partial charge in [0.2, 0.25) is 0 Å². The van der Waals surface area contributed by atoms with E-state index in [4.69, 9.17) is 4.74 Å². The molecule has 0 aromatic carbocycles. The van der Waals surface area contributed by atoms with Crippen molar-refractivity contribution in [3.8, 4) is 0 Å². The molecule has 100 valence electrons. The van der Waals surface area contributed by atoms with Crippen LogP contribution in [0.2, 0.25) is 0 Å². The lowest BCUT2D eigenvalue weighted by atomic mass is 10.0. The van der Waals surface area contributed by atoms with Crippen molar-refractivity contribution in [1.82, 2.24) is 5.32 Å². The largest absolute Gasteiger partial charge is 0.381 e. The Morgan fingerprint density at radius 3 is 2.76 bits per heavy atom. The number of ether oxygens (including phenoxy) is 1. The molecule has 1 N–H and O–H groups in total. The monoisotopic (exact) mass is 257 g/mol. The average molecular weight is 257 g/mol. The standard InChI is InChI=1S/C14H27NOS/c1-2-8-15-14(12-7-9-16-10-12)11-17-13-5-3-4-6-13/h12-15H,2-11H2,1H3. The minimum absolute atomic E-state index is 0.683. The fourth-order valence-corrected chi connectivity index (χ4v) is 4.39. The number of rotatable bonds is 7. The first-order valence-electron chi connectivity index (χ1n) is 7.33. The minimum Gasteiger partial charge on any atom is -0.381 e. The first-order chi connectivity index (χ1) is 8.40. The smallest absolute Gasteiger partial charge is 0.0510 e. The predicted octanol–water partition coefficient (Wildman–Crippen LogP) is 3.07. The molecule has 17 heavy (non-hydrogen) atoms. The van der Waals surface area contributed by atoms with Crippen LogP contribution in [0.25, 0.3) is 0 Å². The van der Waals surface area contributed by atoms with Gasteiger partial charge in [-0.2, -0.15) is 11.8 Å². The molecule has 1 aliphatic heterocycles. The maximum absolute atomic E-state index is 5.54. The summed E-state index contributed by atoms with van der Waals surface area (Å²) in [5.74, 6) is 2.05. The summed E-state index contributed by atoms with van der Waals surface area (Å²) in [4.78, 5) is 0. The molecule has 1 saturated carbocycles. The molecule has 2 aliphatic rings. The van der Waals surface area contributed by atoms with Crippen molar-refractivity contribution in [2.24, 2.45) is 5.92 Å². The Kier molecular flexibility index (Phi) is 6.16. The molecular formula is C14H27NOS. The van der Waals surface area contributed by atoms with Crippen molar-refractivity contribution in [2.75, 3.05) is 25.5 Å². The molecule has 0 aromatic heterocycles. The Labute approximate surface area is 110 Å². The molecule has 2 fully saturated rings. The zero-order valence-electron chi connectivity index (χ0n) is 11.1. The third kappa shape index (κ3) is 4.46. The van der Waals surface area contributed by atoms with Crippen LogP contribution in [-0.4, -0.2) is 36.8 Å². The van der Waals surface area contributed by atoms with E-state index in [2.05, 4.69) is 24.0 Å². The summed E-state index contributed by atoms with van der Waals surface area (Å²) in [6, 6.07) is 0.683. The van der Waals surface area contributed by atoms with E-state index in [0.717, 1.165) is 30.9 Å². The molecule has 1 heterocycles. The Morgan fingerprint density at radius 2 is 2.12 bits per heavy atom. The van der Waals surface area contributed by atoms with Crippen LogP contribution >= 0.6 is 11.8 Å². The van der Waals surface area contributed by atoms with Crippen LogP contribution in [-0.2, 0) is 4.74 Å². The lowest BCUT2D eigenvalue weighted by molar-refractivity contribution is 0.179. The van der Waals surface area contributed by atoms with Gasteiger partial charge in [0, 0.05) is 29.6 Å². The highest BCUT2D eigenvalue weighted by Crippen LogP contribution is 2.31. The second-order valence-corrected chi connectivity index (χ2v) is 6.76. The van der Waals surface area contributed by atoms with Gasteiger partial charge in [-0.25, -0.2) is 0 Å². The SMILES string of the molecule is CCCNC(CSC1CCCC1)C1CCOC1. The quantitative estimate of drug-likeness (QED) is 0.757. The third-order valence-electron chi connectivity index (χ3n) is 4.00. The number of hydrogen-bond donors (Lipinski definition) is 1.